The van der Waals surface area contributed by atoms with Crippen molar-refractivity contribution in [3.63, 3.8) is 0 Å². The van der Waals surface area contributed by atoms with Crippen LogP contribution in [0.15, 0.2) is 42.5 Å². The molecule has 0 aliphatic rings. The molecular formula is C19H14ClNO2. The van der Waals surface area contributed by atoms with Crippen molar-refractivity contribution in [3.05, 3.63) is 58.6 Å². The lowest BCUT2D eigenvalue weighted by Gasteiger charge is -2.09. The summed E-state index contributed by atoms with van der Waals surface area (Å²) in [5, 5.41) is 10.1. The Morgan fingerprint density at radius 1 is 1.26 bits per heavy atom. The van der Waals surface area contributed by atoms with Gasteiger partial charge in [0.05, 0.1) is 18.8 Å². The SMILES string of the molecule is C#CCOc1ccc(OC)cc1/C=C(/C#N)c1ccc(Cl)cc1. The van der Waals surface area contributed by atoms with E-state index < -0.39 is 0 Å². The third-order valence-electron chi connectivity index (χ3n) is 3.10. The number of terminal acetylenes is 1. The molecule has 0 heterocycles. The molecule has 23 heavy (non-hydrogen) atoms. The molecule has 0 N–H and O–H groups in total. The fourth-order valence-corrected chi connectivity index (χ4v) is 2.11. The van der Waals surface area contributed by atoms with E-state index in [2.05, 4.69) is 12.0 Å². The summed E-state index contributed by atoms with van der Waals surface area (Å²) in [5.41, 5.74) is 1.97. The predicted octanol–water partition coefficient (Wildman–Crippen LogP) is 4.42. The molecule has 2 rings (SSSR count). The number of methoxy groups -OCH3 is 1. The Balaban J connectivity index is 2.47. The molecule has 0 radical (unpaired) electrons. The van der Waals surface area contributed by atoms with Crippen LogP contribution in [0.25, 0.3) is 11.6 Å². The standard InChI is InChI=1S/C19H14ClNO2/c1-3-10-23-19-9-8-18(22-2)12-15(19)11-16(13-21)14-4-6-17(20)7-5-14/h1,4-9,11-12H,10H2,2H3/b16-11-. The van der Waals surface area contributed by atoms with E-state index in [0.29, 0.717) is 27.7 Å². The second-order valence-electron chi connectivity index (χ2n) is 4.57. The zero-order chi connectivity index (χ0) is 16.7. The lowest BCUT2D eigenvalue weighted by molar-refractivity contribution is 0.367. The van der Waals surface area contributed by atoms with Crippen molar-refractivity contribution in [3.8, 4) is 29.9 Å². The summed E-state index contributed by atoms with van der Waals surface area (Å²) in [5.74, 6) is 3.68. The lowest BCUT2D eigenvalue weighted by Crippen LogP contribution is -1.96. The van der Waals surface area contributed by atoms with E-state index in [4.69, 9.17) is 27.5 Å². The van der Waals surface area contributed by atoms with Crippen molar-refractivity contribution in [1.29, 1.82) is 5.26 Å². The summed E-state index contributed by atoms with van der Waals surface area (Å²) in [6.07, 6.45) is 6.97. The Labute approximate surface area is 140 Å². The summed E-state index contributed by atoms with van der Waals surface area (Å²) < 4.78 is 10.7. The maximum atomic E-state index is 9.45. The number of rotatable bonds is 5. The largest absolute Gasteiger partial charge is 0.497 e. The van der Waals surface area contributed by atoms with E-state index in [1.54, 1.807) is 55.7 Å². The summed E-state index contributed by atoms with van der Waals surface area (Å²) in [4.78, 5) is 0. The highest BCUT2D eigenvalue weighted by molar-refractivity contribution is 6.30. The van der Waals surface area contributed by atoms with Crippen LogP contribution in [0.1, 0.15) is 11.1 Å². The normalized spacial score (nSPS) is 10.5. The zero-order valence-electron chi connectivity index (χ0n) is 12.5. The number of hydrogen-bond donors (Lipinski definition) is 0. The summed E-state index contributed by atoms with van der Waals surface area (Å²) in [6.45, 7) is 0.149. The molecule has 0 aliphatic carbocycles. The molecular weight excluding hydrogens is 310 g/mol. The van der Waals surface area contributed by atoms with Gasteiger partial charge in [0.1, 0.15) is 18.1 Å². The third-order valence-corrected chi connectivity index (χ3v) is 3.36. The predicted molar refractivity (Wildman–Crippen MR) is 92.3 cm³/mol. The van der Waals surface area contributed by atoms with Gasteiger partial charge in [-0.15, -0.1) is 6.42 Å². The van der Waals surface area contributed by atoms with Crippen molar-refractivity contribution in [2.45, 2.75) is 0 Å². The highest BCUT2D eigenvalue weighted by Crippen LogP contribution is 2.29. The molecule has 4 heteroatoms. The molecule has 0 unspecified atom stereocenters. The molecule has 0 saturated heterocycles. The van der Waals surface area contributed by atoms with E-state index in [-0.39, 0.29) is 6.61 Å². The smallest absolute Gasteiger partial charge is 0.148 e. The van der Waals surface area contributed by atoms with Gasteiger partial charge in [-0.2, -0.15) is 5.26 Å². The molecule has 3 nitrogen and oxygen atoms in total. The van der Waals surface area contributed by atoms with Crippen molar-refractivity contribution in [2.24, 2.45) is 0 Å². The van der Waals surface area contributed by atoms with Gasteiger partial charge in [-0.3, -0.25) is 0 Å². The average Bonchev–Trinajstić information content (AvgIpc) is 2.59. The zero-order valence-corrected chi connectivity index (χ0v) is 13.3. The minimum absolute atomic E-state index is 0.149. The van der Waals surface area contributed by atoms with Crippen molar-refractivity contribution in [2.75, 3.05) is 13.7 Å². The minimum atomic E-state index is 0.149. The van der Waals surface area contributed by atoms with Gasteiger partial charge in [-0.1, -0.05) is 29.7 Å². The van der Waals surface area contributed by atoms with Gasteiger partial charge < -0.3 is 9.47 Å². The van der Waals surface area contributed by atoms with E-state index in [1.807, 2.05) is 0 Å². The first-order valence-electron chi connectivity index (χ1n) is 6.80. The number of hydrogen-bond acceptors (Lipinski definition) is 3. The number of benzene rings is 2. The summed E-state index contributed by atoms with van der Waals surface area (Å²) in [7, 11) is 1.58. The quantitative estimate of drug-likeness (QED) is 0.464. The highest BCUT2D eigenvalue weighted by atomic mass is 35.5. The molecule has 114 valence electrons. The fourth-order valence-electron chi connectivity index (χ4n) is 1.98. The van der Waals surface area contributed by atoms with E-state index in [1.165, 1.54) is 0 Å². The average molecular weight is 324 g/mol. The van der Waals surface area contributed by atoms with Crippen LogP contribution in [0.3, 0.4) is 0 Å². The van der Waals surface area contributed by atoms with Crippen molar-refractivity contribution < 1.29 is 9.47 Å². The lowest BCUT2D eigenvalue weighted by atomic mass is 10.0. The molecule has 0 aromatic heterocycles. The monoisotopic (exact) mass is 323 g/mol. The molecule has 0 fully saturated rings. The maximum absolute atomic E-state index is 9.45. The van der Waals surface area contributed by atoms with Gasteiger partial charge in [-0.05, 0) is 42.0 Å². The van der Waals surface area contributed by atoms with E-state index >= 15 is 0 Å². The molecule has 0 atom stereocenters. The van der Waals surface area contributed by atoms with Crippen LogP contribution in [0.2, 0.25) is 5.02 Å². The first-order chi connectivity index (χ1) is 11.2. The second kappa shape index (κ2) is 7.94. The third kappa shape index (κ3) is 4.30. The van der Waals surface area contributed by atoms with Crippen LogP contribution >= 0.6 is 11.6 Å². The topological polar surface area (TPSA) is 42.2 Å². The minimum Gasteiger partial charge on any atom is -0.497 e. The number of nitriles is 1. The number of allylic oxidation sites excluding steroid dienone is 1. The second-order valence-corrected chi connectivity index (χ2v) is 5.01. The van der Waals surface area contributed by atoms with Gasteiger partial charge in [0.25, 0.3) is 0 Å². The highest BCUT2D eigenvalue weighted by Gasteiger charge is 2.07. The number of ether oxygens (including phenoxy) is 2. The van der Waals surface area contributed by atoms with E-state index in [0.717, 1.165) is 5.56 Å². The van der Waals surface area contributed by atoms with Gasteiger partial charge in [-0.25, -0.2) is 0 Å². The number of nitrogens with zero attached hydrogens (tertiary/aromatic N) is 1. The Kier molecular flexibility index (Phi) is 5.69. The van der Waals surface area contributed by atoms with Crippen LogP contribution in [0, 0.1) is 23.7 Å². The van der Waals surface area contributed by atoms with Gasteiger partial charge in [0, 0.05) is 10.6 Å². The number of halogens is 1. The van der Waals surface area contributed by atoms with E-state index in [9.17, 15) is 5.26 Å². The van der Waals surface area contributed by atoms with Crippen molar-refractivity contribution >= 4 is 23.3 Å². The first-order valence-corrected chi connectivity index (χ1v) is 7.17. The maximum Gasteiger partial charge on any atom is 0.148 e. The van der Waals surface area contributed by atoms with Crippen molar-refractivity contribution in [1.82, 2.24) is 0 Å². The fraction of sp³-hybridized carbons (Fsp3) is 0.105. The molecule has 2 aromatic rings. The molecule has 0 amide bonds. The molecule has 2 aromatic carbocycles. The molecule has 0 saturated carbocycles. The Morgan fingerprint density at radius 2 is 2.00 bits per heavy atom. The first kappa shape index (κ1) is 16.5. The van der Waals surface area contributed by atoms with Gasteiger partial charge >= 0.3 is 0 Å². The van der Waals surface area contributed by atoms with Crippen LogP contribution in [-0.4, -0.2) is 13.7 Å². The van der Waals surface area contributed by atoms with Crippen LogP contribution < -0.4 is 9.47 Å². The molecule has 0 aliphatic heterocycles. The summed E-state index contributed by atoms with van der Waals surface area (Å²) >= 11 is 5.88. The van der Waals surface area contributed by atoms with Gasteiger partial charge in [0.2, 0.25) is 0 Å². The Morgan fingerprint density at radius 3 is 2.61 bits per heavy atom. The van der Waals surface area contributed by atoms with Crippen LogP contribution in [0.5, 0.6) is 11.5 Å². The Hall–Kier alpha value is -2.88. The van der Waals surface area contributed by atoms with Crippen LogP contribution in [-0.2, 0) is 0 Å². The Bertz CT molecular complexity index is 796. The summed E-state index contributed by atoms with van der Waals surface area (Å²) in [6, 6.07) is 14.6. The molecule has 0 bridgehead atoms. The van der Waals surface area contributed by atoms with Gasteiger partial charge in [0.15, 0.2) is 0 Å². The molecule has 0 spiro atoms. The van der Waals surface area contributed by atoms with Crippen LogP contribution in [0.4, 0.5) is 0 Å².